The second-order valence-corrected chi connectivity index (χ2v) is 5.82. The van der Waals surface area contributed by atoms with E-state index >= 15 is 0 Å². The third kappa shape index (κ3) is 4.97. The Morgan fingerprint density at radius 1 is 1.29 bits per heavy atom. The molecule has 0 radical (unpaired) electrons. The van der Waals surface area contributed by atoms with Crippen LogP contribution in [0.5, 0.6) is 0 Å². The fourth-order valence-electron chi connectivity index (χ4n) is 1.35. The van der Waals surface area contributed by atoms with E-state index in [4.69, 9.17) is 5.73 Å². The molecule has 1 aromatic carbocycles. The molecule has 1 rings (SSSR count). The summed E-state index contributed by atoms with van der Waals surface area (Å²) >= 11 is 0. The van der Waals surface area contributed by atoms with Gasteiger partial charge in [0.05, 0.1) is 11.4 Å². The monoisotopic (exact) mass is 256 g/mol. The lowest BCUT2D eigenvalue weighted by Crippen LogP contribution is -2.29. The minimum absolute atomic E-state index is 0.154. The molecule has 0 saturated heterocycles. The van der Waals surface area contributed by atoms with Crippen LogP contribution < -0.4 is 11.1 Å². The normalized spacial score (nSPS) is 11.4. The maximum atomic E-state index is 11.2. The number of nitrogens with two attached hydrogens (primary N) is 1. The van der Waals surface area contributed by atoms with Crippen LogP contribution in [0.1, 0.15) is 5.56 Å². The standard InChI is InChI=1S/C11H16N2O3S/c1-17(15,16)10-4-2-9(3-5-10)6-7-13-8-11(12)14/h2-5,13H,6-8H2,1H3,(H2,12,14). The van der Waals surface area contributed by atoms with E-state index in [9.17, 15) is 13.2 Å². The van der Waals surface area contributed by atoms with Crippen LogP contribution in [0.25, 0.3) is 0 Å². The highest BCUT2D eigenvalue weighted by Gasteiger charge is 2.05. The minimum Gasteiger partial charge on any atom is -0.369 e. The summed E-state index contributed by atoms with van der Waals surface area (Å²) in [5.41, 5.74) is 5.98. The lowest BCUT2D eigenvalue weighted by Gasteiger charge is -2.04. The average molecular weight is 256 g/mol. The summed E-state index contributed by atoms with van der Waals surface area (Å²) in [6.45, 7) is 0.780. The van der Waals surface area contributed by atoms with Gasteiger partial charge < -0.3 is 11.1 Å². The molecule has 0 aliphatic heterocycles. The van der Waals surface area contributed by atoms with Gasteiger partial charge in [0.2, 0.25) is 5.91 Å². The van der Waals surface area contributed by atoms with Gasteiger partial charge in [0, 0.05) is 6.26 Å². The Morgan fingerprint density at radius 3 is 2.35 bits per heavy atom. The van der Waals surface area contributed by atoms with E-state index in [2.05, 4.69) is 5.32 Å². The fraction of sp³-hybridized carbons (Fsp3) is 0.364. The molecule has 0 aliphatic rings. The van der Waals surface area contributed by atoms with Crippen LogP contribution in [0.2, 0.25) is 0 Å². The van der Waals surface area contributed by atoms with E-state index in [0.717, 1.165) is 12.0 Å². The second kappa shape index (κ2) is 5.79. The zero-order valence-electron chi connectivity index (χ0n) is 9.64. The molecule has 94 valence electrons. The van der Waals surface area contributed by atoms with Crippen molar-refractivity contribution in [2.75, 3.05) is 19.3 Å². The molecule has 0 heterocycles. The van der Waals surface area contributed by atoms with Crippen molar-refractivity contribution >= 4 is 15.7 Å². The quantitative estimate of drug-likeness (QED) is 0.684. The van der Waals surface area contributed by atoms with Gasteiger partial charge >= 0.3 is 0 Å². The largest absolute Gasteiger partial charge is 0.369 e. The number of hydrogen-bond acceptors (Lipinski definition) is 4. The van der Waals surface area contributed by atoms with Gasteiger partial charge in [0.15, 0.2) is 9.84 Å². The first-order valence-corrected chi connectivity index (χ1v) is 7.07. The van der Waals surface area contributed by atoms with Crippen molar-refractivity contribution in [3.05, 3.63) is 29.8 Å². The summed E-state index contributed by atoms with van der Waals surface area (Å²) in [5.74, 6) is -0.391. The topological polar surface area (TPSA) is 89.3 Å². The van der Waals surface area contributed by atoms with E-state index in [1.165, 1.54) is 6.26 Å². The third-order valence-electron chi connectivity index (χ3n) is 2.24. The summed E-state index contributed by atoms with van der Waals surface area (Å²) < 4.78 is 22.4. The number of primary amides is 1. The average Bonchev–Trinajstić information content (AvgIpc) is 2.23. The molecule has 6 heteroatoms. The van der Waals surface area contributed by atoms with Crippen molar-refractivity contribution in [2.45, 2.75) is 11.3 Å². The van der Waals surface area contributed by atoms with Crippen LogP contribution in [-0.2, 0) is 21.1 Å². The van der Waals surface area contributed by atoms with Crippen LogP contribution in [0.15, 0.2) is 29.2 Å². The number of sulfone groups is 1. The minimum atomic E-state index is -3.13. The first-order chi connectivity index (χ1) is 7.89. The molecular weight excluding hydrogens is 240 g/mol. The molecule has 5 nitrogen and oxygen atoms in total. The van der Waals surface area contributed by atoms with Crippen molar-refractivity contribution in [3.63, 3.8) is 0 Å². The van der Waals surface area contributed by atoms with Crippen LogP contribution in [0.3, 0.4) is 0 Å². The number of nitrogens with one attached hydrogen (secondary N) is 1. The Labute approximate surface area is 101 Å². The Bertz CT molecular complexity index is 480. The molecule has 1 aromatic rings. The van der Waals surface area contributed by atoms with Gasteiger partial charge in [0.1, 0.15) is 0 Å². The lowest BCUT2D eigenvalue weighted by molar-refractivity contribution is -0.117. The first-order valence-electron chi connectivity index (χ1n) is 5.17. The van der Waals surface area contributed by atoms with Crippen molar-refractivity contribution < 1.29 is 13.2 Å². The number of hydrogen-bond donors (Lipinski definition) is 2. The van der Waals surface area contributed by atoms with Crippen molar-refractivity contribution in [3.8, 4) is 0 Å². The van der Waals surface area contributed by atoms with Gasteiger partial charge in [0.25, 0.3) is 0 Å². The van der Waals surface area contributed by atoms with E-state index in [-0.39, 0.29) is 6.54 Å². The van der Waals surface area contributed by atoms with E-state index in [1.54, 1.807) is 24.3 Å². The number of carbonyl (C=O) groups excluding carboxylic acids is 1. The zero-order chi connectivity index (χ0) is 12.9. The molecule has 0 unspecified atom stereocenters. The zero-order valence-corrected chi connectivity index (χ0v) is 10.5. The Kier molecular flexibility index (Phi) is 4.65. The van der Waals surface area contributed by atoms with Crippen LogP contribution in [0.4, 0.5) is 0 Å². The predicted octanol–water partition coefficient (Wildman–Crippen LogP) is -0.292. The van der Waals surface area contributed by atoms with Crippen LogP contribution in [-0.4, -0.2) is 33.7 Å². The van der Waals surface area contributed by atoms with Crippen molar-refractivity contribution in [2.24, 2.45) is 5.73 Å². The molecule has 0 bridgehead atoms. The lowest BCUT2D eigenvalue weighted by atomic mass is 10.1. The molecule has 0 spiro atoms. The van der Waals surface area contributed by atoms with Gasteiger partial charge in [-0.3, -0.25) is 4.79 Å². The van der Waals surface area contributed by atoms with Crippen molar-refractivity contribution in [1.82, 2.24) is 5.32 Å². The van der Waals surface area contributed by atoms with Crippen LogP contribution >= 0.6 is 0 Å². The van der Waals surface area contributed by atoms with E-state index in [1.807, 2.05) is 0 Å². The summed E-state index contributed by atoms with van der Waals surface area (Å²) in [7, 11) is -3.13. The number of rotatable bonds is 6. The van der Waals surface area contributed by atoms with Gasteiger partial charge in [-0.25, -0.2) is 8.42 Å². The molecule has 0 aliphatic carbocycles. The van der Waals surface area contributed by atoms with Crippen LogP contribution in [0, 0.1) is 0 Å². The highest BCUT2D eigenvalue weighted by Crippen LogP contribution is 2.10. The van der Waals surface area contributed by atoms with E-state index in [0.29, 0.717) is 11.4 Å². The van der Waals surface area contributed by atoms with Crippen molar-refractivity contribution in [1.29, 1.82) is 0 Å². The Balaban J connectivity index is 2.49. The molecule has 0 atom stereocenters. The molecule has 0 fully saturated rings. The van der Waals surface area contributed by atoms with Gasteiger partial charge in [-0.15, -0.1) is 0 Å². The van der Waals surface area contributed by atoms with Gasteiger partial charge in [-0.2, -0.15) is 0 Å². The maximum Gasteiger partial charge on any atom is 0.231 e. The first kappa shape index (κ1) is 13.7. The van der Waals surface area contributed by atoms with Gasteiger partial charge in [-0.05, 0) is 30.7 Å². The summed E-state index contributed by atoms with van der Waals surface area (Å²) in [5, 5.41) is 2.89. The second-order valence-electron chi connectivity index (χ2n) is 3.81. The summed E-state index contributed by atoms with van der Waals surface area (Å²) in [4.78, 5) is 10.8. The molecule has 0 saturated carbocycles. The predicted molar refractivity (Wildman–Crippen MR) is 65.3 cm³/mol. The SMILES string of the molecule is CS(=O)(=O)c1ccc(CCNCC(N)=O)cc1. The number of carbonyl (C=O) groups is 1. The Hall–Kier alpha value is -1.40. The maximum absolute atomic E-state index is 11.2. The molecule has 17 heavy (non-hydrogen) atoms. The molecule has 1 amide bonds. The number of amides is 1. The van der Waals surface area contributed by atoms with E-state index < -0.39 is 15.7 Å². The molecule has 0 aromatic heterocycles. The summed E-state index contributed by atoms with van der Waals surface area (Å²) in [6.07, 6.45) is 1.90. The summed E-state index contributed by atoms with van der Waals surface area (Å²) in [6, 6.07) is 6.70. The molecular formula is C11H16N2O3S. The Morgan fingerprint density at radius 2 is 1.88 bits per heavy atom. The van der Waals surface area contributed by atoms with Gasteiger partial charge in [-0.1, -0.05) is 12.1 Å². The smallest absolute Gasteiger partial charge is 0.231 e. The fourth-order valence-corrected chi connectivity index (χ4v) is 1.98. The molecule has 3 N–H and O–H groups in total. The third-order valence-corrected chi connectivity index (χ3v) is 3.37. The number of benzene rings is 1. The highest BCUT2D eigenvalue weighted by molar-refractivity contribution is 7.90. The highest BCUT2D eigenvalue weighted by atomic mass is 32.2.